The van der Waals surface area contributed by atoms with Crippen molar-refractivity contribution in [2.24, 2.45) is 0 Å². The van der Waals surface area contributed by atoms with Crippen LogP contribution in [-0.4, -0.2) is 53.9 Å². The van der Waals surface area contributed by atoms with E-state index in [2.05, 4.69) is 5.32 Å². The van der Waals surface area contributed by atoms with Gasteiger partial charge in [-0.3, -0.25) is 14.5 Å². The van der Waals surface area contributed by atoms with Gasteiger partial charge in [0.25, 0.3) is 5.91 Å². The molecule has 2 aliphatic rings. The van der Waals surface area contributed by atoms with Gasteiger partial charge in [0.05, 0.1) is 13.7 Å². The SMILES string of the molecule is COc1ccc(CN2C(=O)N[C@@H](CCC(=O)N(C)C3CCCCC3)C2=O)cc1. The molecule has 1 saturated carbocycles. The van der Waals surface area contributed by atoms with Gasteiger partial charge in [0.2, 0.25) is 5.91 Å². The number of methoxy groups -OCH3 is 1. The minimum Gasteiger partial charge on any atom is -0.497 e. The highest BCUT2D eigenvalue weighted by molar-refractivity contribution is 6.04. The number of nitrogens with zero attached hydrogens (tertiary/aromatic N) is 2. The van der Waals surface area contributed by atoms with E-state index in [-0.39, 0.29) is 24.8 Å². The summed E-state index contributed by atoms with van der Waals surface area (Å²) in [5, 5.41) is 2.71. The van der Waals surface area contributed by atoms with Crippen LogP contribution in [-0.2, 0) is 16.1 Å². The molecule has 1 saturated heterocycles. The van der Waals surface area contributed by atoms with Crippen LogP contribution in [0.25, 0.3) is 0 Å². The molecule has 0 unspecified atom stereocenters. The fourth-order valence-electron chi connectivity index (χ4n) is 3.95. The molecular weight excluding hydrogens is 358 g/mol. The normalized spacial score (nSPS) is 20.2. The van der Waals surface area contributed by atoms with E-state index in [1.54, 1.807) is 19.2 Å². The molecule has 0 radical (unpaired) electrons. The number of amides is 4. The Morgan fingerprint density at radius 2 is 1.86 bits per heavy atom. The molecule has 3 rings (SSSR count). The molecule has 152 valence electrons. The lowest BCUT2D eigenvalue weighted by Gasteiger charge is -2.31. The molecule has 1 atom stereocenters. The van der Waals surface area contributed by atoms with Crippen molar-refractivity contribution in [3.05, 3.63) is 29.8 Å². The summed E-state index contributed by atoms with van der Waals surface area (Å²) in [5.41, 5.74) is 0.845. The lowest BCUT2D eigenvalue weighted by molar-refractivity contribution is -0.133. The van der Waals surface area contributed by atoms with Crippen molar-refractivity contribution < 1.29 is 19.1 Å². The third-order valence-corrected chi connectivity index (χ3v) is 5.77. The lowest BCUT2D eigenvalue weighted by atomic mass is 9.94. The summed E-state index contributed by atoms with van der Waals surface area (Å²) in [5.74, 6) is 0.496. The molecule has 2 fully saturated rings. The van der Waals surface area contributed by atoms with Gasteiger partial charge in [0.1, 0.15) is 11.8 Å². The molecular formula is C21H29N3O4. The average molecular weight is 387 g/mol. The van der Waals surface area contributed by atoms with E-state index in [0.29, 0.717) is 12.5 Å². The monoisotopic (exact) mass is 387 g/mol. The number of ether oxygens (including phenoxy) is 1. The summed E-state index contributed by atoms with van der Waals surface area (Å²) in [6.07, 6.45) is 6.28. The number of hydrogen-bond donors (Lipinski definition) is 1. The summed E-state index contributed by atoms with van der Waals surface area (Å²) in [4.78, 5) is 40.4. The zero-order valence-corrected chi connectivity index (χ0v) is 16.6. The second kappa shape index (κ2) is 9.08. The first-order chi connectivity index (χ1) is 13.5. The molecule has 0 spiro atoms. The van der Waals surface area contributed by atoms with Crippen molar-refractivity contribution in [3.63, 3.8) is 0 Å². The van der Waals surface area contributed by atoms with E-state index in [1.165, 1.54) is 24.2 Å². The number of rotatable bonds is 7. The third-order valence-electron chi connectivity index (χ3n) is 5.77. The van der Waals surface area contributed by atoms with E-state index in [4.69, 9.17) is 4.74 Å². The molecule has 7 heteroatoms. The van der Waals surface area contributed by atoms with Gasteiger partial charge >= 0.3 is 6.03 Å². The third kappa shape index (κ3) is 4.64. The van der Waals surface area contributed by atoms with Crippen LogP contribution in [0, 0.1) is 0 Å². The van der Waals surface area contributed by atoms with Crippen molar-refractivity contribution in [1.82, 2.24) is 15.1 Å². The van der Waals surface area contributed by atoms with Gasteiger partial charge in [-0.2, -0.15) is 0 Å². The smallest absolute Gasteiger partial charge is 0.325 e. The maximum atomic E-state index is 12.6. The standard InChI is InChI=1S/C21H29N3O4/c1-23(16-6-4-3-5-7-16)19(25)13-12-18-20(26)24(21(27)22-18)14-15-8-10-17(28-2)11-9-15/h8-11,16,18H,3-7,12-14H2,1-2H3,(H,22,27)/t18-/m0/s1. The van der Waals surface area contributed by atoms with Crippen molar-refractivity contribution in [3.8, 4) is 5.75 Å². The number of nitrogens with one attached hydrogen (secondary N) is 1. The molecule has 1 aromatic rings. The minimum absolute atomic E-state index is 0.0440. The van der Waals surface area contributed by atoms with Crippen molar-refractivity contribution in [1.29, 1.82) is 0 Å². The highest BCUT2D eigenvalue weighted by atomic mass is 16.5. The molecule has 4 amide bonds. The van der Waals surface area contributed by atoms with Gasteiger partial charge in [-0.05, 0) is 37.0 Å². The Bertz CT molecular complexity index is 713. The number of urea groups is 1. The number of benzene rings is 1. The molecule has 1 aliphatic heterocycles. The van der Waals surface area contributed by atoms with E-state index in [1.807, 2.05) is 24.1 Å². The van der Waals surface area contributed by atoms with Crippen LogP contribution >= 0.6 is 0 Å². The van der Waals surface area contributed by atoms with Gasteiger partial charge in [0.15, 0.2) is 0 Å². The molecule has 28 heavy (non-hydrogen) atoms. The van der Waals surface area contributed by atoms with Crippen LogP contribution in [0.3, 0.4) is 0 Å². The van der Waals surface area contributed by atoms with Gasteiger partial charge < -0.3 is 15.0 Å². The molecule has 1 N–H and O–H groups in total. The first kappa shape index (κ1) is 20.2. The maximum absolute atomic E-state index is 12.6. The van der Waals surface area contributed by atoms with Crippen molar-refractivity contribution in [2.75, 3.05) is 14.2 Å². The Hall–Kier alpha value is -2.57. The second-order valence-electron chi connectivity index (χ2n) is 7.61. The topological polar surface area (TPSA) is 79.0 Å². The molecule has 0 aromatic heterocycles. The first-order valence-electron chi connectivity index (χ1n) is 10.00. The van der Waals surface area contributed by atoms with Gasteiger partial charge in [-0.25, -0.2) is 4.79 Å². The lowest BCUT2D eigenvalue weighted by Crippen LogP contribution is -2.39. The zero-order chi connectivity index (χ0) is 20.1. The Kier molecular flexibility index (Phi) is 6.54. The summed E-state index contributed by atoms with van der Waals surface area (Å²) < 4.78 is 5.12. The Morgan fingerprint density at radius 3 is 2.50 bits per heavy atom. The maximum Gasteiger partial charge on any atom is 0.325 e. The van der Waals surface area contributed by atoms with Gasteiger partial charge in [-0.15, -0.1) is 0 Å². The van der Waals surface area contributed by atoms with Crippen LogP contribution in [0.1, 0.15) is 50.5 Å². The van der Waals surface area contributed by atoms with Crippen LogP contribution in [0.4, 0.5) is 4.79 Å². The molecule has 0 bridgehead atoms. The predicted molar refractivity (Wildman–Crippen MR) is 105 cm³/mol. The highest BCUT2D eigenvalue weighted by Gasteiger charge is 2.38. The fourth-order valence-corrected chi connectivity index (χ4v) is 3.95. The minimum atomic E-state index is -0.630. The molecule has 1 heterocycles. The molecule has 7 nitrogen and oxygen atoms in total. The van der Waals surface area contributed by atoms with Crippen LogP contribution in [0.15, 0.2) is 24.3 Å². The summed E-state index contributed by atoms with van der Waals surface area (Å²) in [6.45, 7) is 0.209. The molecule has 1 aliphatic carbocycles. The summed E-state index contributed by atoms with van der Waals surface area (Å²) in [7, 11) is 3.44. The average Bonchev–Trinajstić information content (AvgIpc) is 3.00. The summed E-state index contributed by atoms with van der Waals surface area (Å²) >= 11 is 0. The van der Waals surface area contributed by atoms with E-state index < -0.39 is 12.1 Å². The first-order valence-corrected chi connectivity index (χ1v) is 10.00. The second-order valence-corrected chi connectivity index (χ2v) is 7.61. The van der Waals surface area contributed by atoms with Crippen molar-refractivity contribution >= 4 is 17.8 Å². The van der Waals surface area contributed by atoms with E-state index >= 15 is 0 Å². The molecule has 1 aromatic carbocycles. The number of imide groups is 1. The van der Waals surface area contributed by atoms with Crippen molar-refractivity contribution in [2.45, 2.75) is 63.6 Å². The Balaban J connectivity index is 1.51. The largest absolute Gasteiger partial charge is 0.497 e. The van der Waals surface area contributed by atoms with Crippen LogP contribution in [0.5, 0.6) is 5.75 Å². The Morgan fingerprint density at radius 1 is 1.18 bits per heavy atom. The predicted octanol–water partition coefficient (Wildman–Crippen LogP) is 2.69. The number of carbonyl (C=O) groups excluding carboxylic acids is 3. The number of carbonyl (C=O) groups is 3. The fraction of sp³-hybridized carbons (Fsp3) is 0.571. The van der Waals surface area contributed by atoms with E-state index in [9.17, 15) is 14.4 Å². The summed E-state index contributed by atoms with van der Waals surface area (Å²) in [6, 6.07) is 6.52. The number of hydrogen-bond acceptors (Lipinski definition) is 4. The Labute approximate surface area is 166 Å². The van der Waals surface area contributed by atoms with Gasteiger partial charge in [-0.1, -0.05) is 31.4 Å². The zero-order valence-electron chi connectivity index (χ0n) is 16.6. The van der Waals surface area contributed by atoms with Crippen LogP contribution < -0.4 is 10.1 Å². The van der Waals surface area contributed by atoms with Crippen LogP contribution in [0.2, 0.25) is 0 Å². The van der Waals surface area contributed by atoms with E-state index in [0.717, 1.165) is 24.2 Å². The van der Waals surface area contributed by atoms with Gasteiger partial charge in [0, 0.05) is 19.5 Å². The highest BCUT2D eigenvalue weighted by Crippen LogP contribution is 2.23. The quantitative estimate of drug-likeness (QED) is 0.730.